The van der Waals surface area contributed by atoms with Gasteiger partial charge in [0, 0.05) is 5.56 Å². The number of hydrogen-bond donors (Lipinski definition) is 1. The molecule has 1 amide bonds. The van der Waals surface area contributed by atoms with Crippen LogP contribution >= 0.6 is 0 Å². The zero-order valence-electron chi connectivity index (χ0n) is 17.2. The molecule has 1 aliphatic carbocycles. The van der Waals surface area contributed by atoms with Crippen LogP contribution in [0.15, 0.2) is 71.4 Å². The number of nitrogens with one attached hydrogen (secondary N) is 1. The van der Waals surface area contributed by atoms with Gasteiger partial charge in [0.05, 0.1) is 12.0 Å². The van der Waals surface area contributed by atoms with E-state index in [0.717, 1.165) is 17.6 Å². The number of halogens is 2. The average Bonchev–Trinajstić information content (AvgIpc) is 3.28. The van der Waals surface area contributed by atoms with Crippen LogP contribution in [0.2, 0.25) is 0 Å². The van der Waals surface area contributed by atoms with Gasteiger partial charge in [-0.15, -0.1) is 0 Å². The van der Waals surface area contributed by atoms with Gasteiger partial charge < -0.3 is 9.73 Å². The highest BCUT2D eigenvalue weighted by Gasteiger charge is 2.22. The van der Waals surface area contributed by atoms with Crippen molar-refractivity contribution in [1.82, 2.24) is 10.3 Å². The van der Waals surface area contributed by atoms with Crippen molar-refractivity contribution in [3.63, 3.8) is 0 Å². The first-order valence-electron chi connectivity index (χ1n) is 10.1. The first-order chi connectivity index (χ1) is 14.9. The van der Waals surface area contributed by atoms with Crippen LogP contribution in [0.5, 0.6) is 0 Å². The monoisotopic (exact) mass is 420 g/mol. The van der Waals surface area contributed by atoms with E-state index in [-0.39, 0.29) is 17.2 Å². The molecule has 31 heavy (non-hydrogen) atoms. The van der Waals surface area contributed by atoms with E-state index in [0.29, 0.717) is 11.5 Å². The highest BCUT2D eigenvalue weighted by Crippen LogP contribution is 2.31. The van der Waals surface area contributed by atoms with Crippen molar-refractivity contribution in [3.8, 4) is 0 Å². The summed E-state index contributed by atoms with van der Waals surface area (Å²) in [7, 11) is 0. The normalized spacial score (nSPS) is 16.6. The number of benzene rings is 2. The molecule has 1 heterocycles. The Morgan fingerprint density at radius 2 is 1.90 bits per heavy atom. The van der Waals surface area contributed by atoms with Gasteiger partial charge in [0.15, 0.2) is 5.69 Å². The molecule has 6 heteroatoms. The van der Waals surface area contributed by atoms with Crippen LogP contribution < -0.4 is 5.32 Å². The number of rotatable bonds is 5. The summed E-state index contributed by atoms with van der Waals surface area (Å²) in [6.07, 6.45) is 8.21. The van der Waals surface area contributed by atoms with E-state index in [9.17, 15) is 13.6 Å². The fourth-order valence-electron chi connectivity index (χ4n) is 3.51. The molecule has 2 unspecified atom stereocenters. The molecule has 158 valence electrons. The SMILES string of the molecule is Cc1c(F)cc(C(C)NC(=O)c2coc(C3C=C(c4ccccc4)C=CC3)n2)cc1F. The maximum atomic E-state index is 13.8. The van der Waals surface area contributed by atoms with E-state index < -0.39 is 23.6 Å². The zero-order valence-corrected chi connectivity index (χ0v) is 17.2. The number of carbonyl (C=O) groups is 1. The van der Waals surface area contributed by atoms with Gasteiger partial charge in [-0.25, -0.2) is 13.8 Å². The number of aromatic nitrogens is 1. The molecule has 1 N–H and O–H groups in total. The summed E-state index contributed by atoms with van der Waals surface area (Å²) in [5.74, 6) is -1.40. The lowest BCUT2D eigenvalue weighted by atomic mass is 9.92. The third-order valence-electron chi connectivity index (χ3n) is 5.40. The maximum Gasteiger partial charge on any atom is 0.273 e. The summed E-state index contributed by atoms with van der Waals surface area (Å²) in [6, 6.07) is 11.8. The zero-order chi connectivity index (χ0) is 22.0. The summed E-state index contributed by atoms with van der Waals surface area (Å²) in [5.41, 5.74) is 2.58. The molecule has 0 saturated heterocycles. The first kappa shape index (κ1) is 20.7. The maximum absolute atomic E-state index is 13.8. The second-order valence-electron chi connectivity index (χ2n) is 7.61. The molecule has 2 atom stereocenters. The van der Waals surface area contributed by atoms with E-state index in [1.165, 1.54) is 25.3 Å². The summed E-state index contributed by atoms with van der Waals surface area (Å²) < 4.78 is 33.2. The Hall–Kier alpha value is -3.54. The van der Waals surface area contributed by atoms with Crippen LogP contribution in [-0.4, -0.2) is 10.9 Å². The van der Waals surface area contributed by atoms with Crippen molar-refractivity contribution in [2.24, 2.45) is 0 Å². The lowest BCUT2D eigenvalue weighted by molar-refractivity contribution is 0.0934. The molecular formula is C25H22F2N2O2. The largest absolute Gasteiger partial charge is 0.447 e. The highest BCUT2D eigenvalue weighted by atomic mass is 19.1. The molecule has 0 spiro atoms. The Morgan fingerprint density at radius 3 is 2.61 bits per heavy atom. The van der Waals surface area contributed by atoms with Gasteiger partial charge in [-0.2, -0.15) is 0 Å². The fourth-order valence-corrected chi connectivity index (χ4v) is 3.51. The Balaban J connectivity index is 1.48. The molecule has 0 radical (unpaired) electrons. The summed E-state index contributed by atoms with van der Waals surface area (Å²) in [4.78, 5) is 16.9. The van der Waals surface area contributed by atoms with Gasteiger partial charge in [0.1, 0.15) is 17.9 Å². The summed E-state index contributed by atoms with van der Waals surface area (Å²) >= 11 is 0. The van der Waals surface area contributed by atoms with E-state index in [1.54, 1.807) is 6.92 Å². The second kappa shape index (κ2) is 8.68. The Morgan fingerprint density at radius 1 is 1.19 bits per heavy atom. The molecule has 4 nitrogen and oxygen atoms in total. The number of allylic oxidation sites excluding steroid dienone is 4. The van der Waals surface area contributed by atoms with Crippen molar-refractivity contribution in [2.75, 3.05) is 0 Å². The van der Waals surface area contributed by atoms with Gasteiger partial charge in [0.2, 0.25) is 5.89 Å². The van der Waals surface area contributed by atoms with Gasteiger partial charge in [-0.3, -0.25) is 4.79 Å². The van der Waals surface area contributed by atoms with Gasteiger partial charge >= 0.3 is 0 Å². The van der Waals surface area contributed by atoms with Gasteiger partial charge in [0.25, 0.3) is 5.91 Å². The van der Waals surface area contributed by atoms with Crippen LogP contribution in [0, 0.1) is 18.6 Å². The number of oxazole rings is 1. The minimum absolute atomic E-state index is 0.0483. The van der Waals surface area contributed by atoms with Crippen molar-refractivity contribution < 1.29 is 18.0 Å². The molecule has 4 rings (SSSR count). The quantitative estimate of drug-likeness (QED) is 0.561. The summed E-state index contributed by atoms with van der Waals surface area (Å²) in [5, 5.41) is 2.71. The van der Waals surface area contributed by atoms with Crippen LogP contribution in [0.3, 0.4) is 0 Å². The number of amides is 1. The van der Waals surface area contributed by atoms with Crippen LogP contribution in [0.1, 0.15) is 58.4 Å². The Kier molecular flexibility index (Phi) is 5.80. The van der Waals surface area contributed by atoms with Crippen molar-refractivity contribution >= 4 is 11.5 Å². The van der Waals surface area contributed by atoms with E-state index >= 15 is 0 Å². The third kappa shape index (κ3) is 4.48. The average molecular weight is 420 g/mol. The second-order valence-corrected chi connectivity index (χ2v) is 7.61. The van der Waals surface area contributed by atoms with Crippen LogP contribution in [0.4, 0.5) is 8.78 Å². The minimum Gasteiger partial charge on any atom is -0.447 e. The first-order valence-corrected chi connectivity index (χ1v) is 10.1. The van der Waals surface area contributed by atoms with Crippen molar-refractivity contribution in [2.45, 2.75) is 32.2 Å². The lowest BCUT2D eigenvalue weighted by Gasteiger charge is -2.15. The fraction of sp³-hybridized carbons (Fsp3) is 0.200. The van der Waals surface area contributed by atoms with Crippen LogP contribution in [0.25, 0.3) is 5.57 Å². The topological polar surface area (TPSA) is 55.1 Å². The smallest absolute Gasteiger partial charge is 0.273 e. The lowest BCUT2D eigenvalue weighted by Crippen LogP contribution is -2.27. The predicted molar refractivity (Wildman–Crippen MR) is 114 cm³/mol. The molecule has 1 aliphatic rings. The van der Waals surface area contributed by atoms with E-state index in [2.05, 4.69) is 28.5 Å². The Labute approximate surface area is 179 Å². The number of hydrogen-bond acceptors (Lipinski definition) is 3. The number of carbonyl (C=O) groups excluding carboxylic acids is 1. The standard InChI is InChI=1S/C25H22F2N2O2/c1-15-21(26)12-20(13-22(15)27)16(2)28-24(30)23-14-31-25(29-23)19-10-6-9-18(11-19)17-7-4-3-5-8-17/h3-9,11-14,16,19H,10H2,1-2H3,(H,28,30). The predicted octanol–water partition coefficient (Wildman–Crippen LogP) is 5.88. The van der Waals surface area contributed by atoms with Gasteiger partial charge in [-0.1, -0.05) is 48.6 Å². The molecule has 2 aromatic carbocycles. The van der Waals surface area contributed by atoms with Gasteiger partial charge in [-0.05, 0) is 49.1 Å². The molecule has 0 aliphatic heterocycles. The molecular weight excluding hydrogens is 398 g/mol. The van der Waals surface area contributed by atoms with E-state index in [1.807, 2.05) is 30.3 Å². The molecule has 0 fully saturated rings. The number of nitrogens with zero attached hydrogens (tertiary/aromatic N) is 1. The molecule has 0 bridgehead atoms. The Bertz CT molecular complexity index is 1140. The molecule has 3 aromatic rings. The molecule has 1 aromatic heterocycles. The summed E-state index contributed by atoms with van der Waals surface area (Å²) in [6.45, 7) is 3.02. The minimum atomic E-state index is -0.647. The van der Waals surface area contributed by atoms with E-state index in [4.69, 9.17) is 4.42 Å². The highest BCUT2D eigenvalue weighted by molar-refractivity contribution is 5.92. The van der Waals surface area contributed by atoms with Crippen molar-refractivity contribution in [3.05, 3.63) is 107 Å². The third-order valence-corrected chi connectivity index (χ3v) is 5.40. The van der Waals surface area contributed by atoms with Crippen molar-refractivity contribution in [1.29, 1.82) is 0 Å². The van der Waals surface area contributed by atoms with Crippen LogP contribution in [-0.2, 0) is 0 Å². The molecule has 0 saturated carbocycles.